The fraction of sp³-hybridized carbons (Fsp3) is 0.200. The highest BCUT2D eigenvalue weighted by molar-refractivity contribution is 9.12. The van der Waals surface area contributed by atoms with Crippen LogP contribution in [0.15, 0.2) is 58.7 Å². The highest BCUT2D eigenvalue weighted by Crippen LogP contribution is 2.36. The maximum atomic E-state index is 5.71. The van der Waals surface area contributed by atoms with Crippen LogP contribution in [0.25, 0.3) is 5.70 Å². The molecule has 0 bridgehead atoms. The molecule has 1 aromatic carbocycles. The molecule has 0 aromatic heterocycles. The Balaban J connectivity index is 2.52. The number of hydrogen-bond acceptors (Lipinski definition) is 2. The highest BCUT2D eigenvalue weighted by atomic mass is 79.9. The van der Waals surface area contributed by atoms with Crippen molar-refractivity contribution in [3.63, 3.8) is 0 Å². The number of allylic oxidation sites excluding steroid dienone is 3. The van der Waals surface area contributed by atoms with Gasteiger partial charge in [0.1, 0.15) is 0 Å². The molecule has 1 aliphatic heterocycles. The van der Waals surface area contributed by atoms with Gasteiger partial charge in [-0.15, -0.1) is 0 Å². The van der Waals surface area contributed by atoms with Gasteiger partial charge in [-0.25, -0.2) is 5.06 Å². The van der Waals surface area contributed by atoms with E-state index in [2.05, 4.69) is 47.6 Å². The first-order chi connectivity index (χ1) is 8.65. The van der Waals surface area contributed by atoms with Crippen LogP contribution in [0.2, 0.25) is 0 Å². The molecule has 2 nitrogen and oxygen atoms in total. The van der Waals surface area contributed by atoms with Crippen molar-refractivity contribution in [2.45, 2.75) is 13.8 Å². The molecule has 0 spiro atoms. The molecule has 1 aromatic rings. The standard InChI is InChI=1S/C15H16BrNO/c1-4-18-17-12(3)14(16)10-11(2)15(17)13-8-6-5-7-9-13/h5-10H,3-4H2,1-2H3. The zero-order chi connectivity index (χ0) is 13.1. The van der Waals surface area contributed by atoms with E-state index in [9.17, 15) is 0 Å². The van der Waals surface area contributed by atoms with Gasteiger partial charge in [-0.1, -0.05) is 36.9 Å². The lowest BCUT2D eigenvalue weighted by molar-refractivity contribution is -0.0730. The molecule has 0 N–H and O–H groups in total. The second-order valence-electron chi connectivity index (χ2n) is 4.05. The van der Waals surface area contributed by atoms with Gasteiger partial charge in [0.25, 0.3) is 0 Å². The largest absolute Gasteiger partial charge is 0.269 e. The van der Waals surface area contributed by atoms with Crippen LogP contribution >= 0.6 is 15.9 Å². The van der Waals surface area contributed by atoms with Crippen molar-refractivity contribution >= 4 is 21.6 Å². The van der Waals surface area contributed by atoms with Gasteiger partial charge in [0.05, 0.1) is 18.0 Å². The third-order valence-corrected chi connectivity index (χ3v) is 3.43. The van der Waals surface area contributed by atoms with Crippen molar-refractivity contribution in [1.82, 2.24) is 5.06 Å². The average molecular weight is 306 g/mol. The number of benzene rings is 1. The molecule has 0 radical (unpaired) electrons. The third kappa shape index (κ3) is 2.42. The SMILES string of the molecule is C=C1C(Br)=CC(C)=C(c2ccccc2)N1OCC. The summed E-state index contributed by atoms with van der Waals surface area (Å²) in [6.45, 7) is 8.70. The van der Waals surface area contributed by atoms with Crippen molar-refractivity contribution in [2.24, 2.45) is 0 Å². The van der Waals surface area contributed by atoms with Crippen molar-refractivity contribution in [2.75, 3.05) is 6.61 Å². The normalized spacial score (nSPS) is 16.1. The summed E-state index contributed by atoms with van der Waals surface area (Å²) in [7, 11) is 0. The number of hydrogen-bond donors (Lipinski definition) is 0. The Labute approximate surface area is 116 Å². The minimum Gasteiger partial charge on any atom is -0.269 e. The Morgan fingerprint density at radius 3 is 2.56 bits per heavy atom. The average Bonchev–Trinajstić information content (AvgIpc) is 2.37. The number of hydroxylamine groups is 2. The fourth-order valence-electron chi connectivity index (χ4n) is 1.95. The highest BCUT2D eigenvalue weighted by Gasteiger charge is 2.23. The first-order valence-corrected chi connectivity index (χ1v) is 6.70. The Bertz CT molecular complexity index is 517. The lowest BCUT2D eigenvalue weighted by atomic mass is 10.0. The number of nitrogens with zero attached hydrogens (tertiary/aromatic N) is 1. The van der Waals surface area contributed by atoms with E-state index in [-0.39, 0.29) is 0 Å². The van der Waals surface area contributed by atoms with Crippen LogP contribution in [0.1, 0.15) is 19.4 Å². The maximum absolute atomic E-state index is 5.71. The summed E-state index contributed by atoms with van der Waals surface area (Å²) >= 11 is 3.51. The summed E-state index contributed by atoms with van der Waals surface area (Å²) in [4.78, 5) is 5.71. The van der Waals surface area contributed by atoms with Crippen LogP contribution in [0.4, 0.5) is 0 Å². The zero-order valence-corrected chi connectivity index (χ0v) is 12.2. The van der Waals surface area contributed by atoms with Gasteiger partial charge in [0, 0.05) is 10.0 Å². The molecule has 0 saturated carbocycles. The second kappa shape index (κ2) is 5.55. The molecule has 18 heavy (non-hydrogen) atoms. The van der Waals surface area contributed by atoms with E-state index in [1.54, 1.807) is 5.06 Å². The summed E-state index contributed by atoms with van der Waals surface area (Å²) < 4.78 is 0.952. The third-order valence-electron chi connectivity index (χ3n) is 2.75. The molecular formula is C15H16BrNO. The van der Waals surface area contributed by atoms with Gasteiger partial charge in [0.15, 0.2) is 0 Å². The van der Waals surface area contributed by atoms with E-state index in [1.807, 2.05) is 25.1 Å². The molecule has 0 aliphatic carbocycles. The summed E-state index contributed by atoms with van der Waals surface area (Å²) in [6.07, 6.45) is 2.07. The zero-order valence-electron chi connectivity index (χ0n) is 10.6. The van der Waals surface area contributed by atoms with Crippen LogP contribution in [0, 0.1) is 0 Å². The molecular weight excluding hydrogens is 290 g/mol. The van der Waals surface area contributed by atoms with Gasteiger partial charge >= 0.3 is 0 Å². The van der Waals surface area contributed by atoms with E-state index in [0.29, 0.717) is 6.61 Å². The Kier molecular flexibility index (Phi) is 4.04. The molecule has 0 unspecified atom stereocenters. The fourth-order valence-corrected chi connectivity index (χ4v) is 2.45. The predicted octanol–water partition coefficient (Wildman–Crippen LogP) is 4.48. The Hall–Kier alpha value is -1.32. The quantitative estimate of drug-likeness (QED) is 0.816. The second-order valence-corrected chi connectivity index (χ2v) is 4.90. The van der Waals surface area contributed by atoms with Crippen molar-refractivity contribution < 1.29 is 4.84 Å². The first-order valence-electron chi connectivity index (χ1n) is 5.91. The maximum Gasteiger partial charge on any atom is 0.0797 e. The molecule has 1 heterocycles. The summed E-state index contributed by atoms with van der Waals surface area (Å²) in [5.41, 5.74) is 4.14. The van der Waals surface area contributed by atoms with E-state index in [4.69, 9.17) is 4.84 Å². The van der Waals surface area contributed by atoms with Crippen LogP contribution < -0.4 is 0 Å². The molecule has 0 fully saturated rings. The van der Waals surface area contributed by atoms with E-state index < -0.39 is 0 Å². The molecule has 0 amide bonds. The van der Waals surface area contributed by atoms with E-state index >= 15 is 0 Å². The van der Waals surface area contributed by atoms with Crippen molar-refractivity contribution in [1.29, 1.82) is 0 Å². The molecule has 1 aliphatic rings. The van der Waals surface area contributed by atoms with Crippen molar-refractivity contribution in [3.05, 3.63) is 64.3 Å². The topological polar surface area (TPSA) is 12.5 Å². The first kappa shape index (κ1) is 13.1. The van der Waals surface area contributed by atoms with Crippen LogP contribution in [-0.2, 0) is 4.84 Å². The molecule has 94 valence electrons. The molecule has 3 heteroatoms. The molecule has 0 atom stereocenters. The van der Waals surface area contributed by atoms with Crippen molar-refractivity contribution in [3.8, 4) is 0 Å². The number of rotatable bonds is 3. The van der Waals surface area contributed by atoms with Gasteiger partial charge in [-0.2, -0.15) is 0 Å². The van der Waals surface area contributed by atoms with Crippen LogP contribution in [0.5, 0.6) is 0 Å². The number of halogens is 1. The van der Waals surface area contributed by atoms with E-state index in [0.717, 1.165) is 27.0 Å². The Morgan fingerprint density at radius 2 is 1.94 bits per heavy atom. The van der Waals surface area contributed by atoms with Gasteiger partial charge in [0.2, 0.25) is 0 Å². The molecule has 2 rings (SSSR count). The van der Waals surface area contributed by atoms with Gasteiger partial charge in [-0.3, -0.25) is 4.84 Å². The summed E-state index contributed by atoms with van der Waals surface area (Å²) in [5.74, 6) is 0. The Morgan fingerprint density at radius 1 is 1.28 bits per heavy atom. The monoisotopic (exact) mass is 305 g/mol. The summed E-state index contributed by atoms with van der Waals surface area (Å²) in [5, 5.41) is 1.80. The van der Waals surface area contributed by atoms with Gasteiger partial charge in [-0.05, 0) is 41.4 Å². The lowest BCUT2D eigenvalue weighted by Gasteiger charge is -2.32. The van der Waals surface area contributed by atoms with Crippen LogP contribution in [-0.4, -0.2) is 11.7 Å². The molecule has 0 saturated heterocycles. The van der Waals surface area contributed by atoms with Gasteiger partial charge < -0.3 is 0 Å². The smallest absolute Gasteiger partial charge is 0.0797 e. The lowest BCUT2D eigenvalue weighted by Crippen LogP contribution is -2.25. The minimum atomic E-state index is 0.600. The summed E-state index contributed by atoms with van der Waals surface area (Å²) in [6, 6.07) is 10.2. The predicted molar refractivity (Wildman–Crippen MR) is 78.7 cm³/mol. The minimum absolute atomic E-state index is 0.600. The van der Waals surface area contributed by atoms with Crippen LogP contribution in [0.3, 0.4) is 0 Å². The van der Waals surface area contributed by atoms with E-state index in [1.165, 1.54) is 0 Å².